The first-order valence-corrected chi connectivity index (χ1v) is 6.93. The first-order chi connectivity index (χ1) is 6.53. The van der Waals surface area contributed by atoms with Crippen LogP contribution in [0.4, 0.5) is 0 Å². The zero-order chi connectivity index (χ0) is 10.6. The summed E-state index contributed by atoms with van der Waals surface area (Å²) in [6, 6.07) is 0.547. The summed E-state index contributed by atoms with van der Waals surface area (Å²) < 4.78 is 22.4. The Hall–Kier alpha value is -0.350. The highest BCUT2D eigenvalue weighted by molar-refractivity contribution is 7.91. The molecule has 1 rings (SSSR count). The van der Waals surface area contributed by atoms with Gasteiger partial charge in [0.15, 0.2) is 9.84 Å². The van der Waals surface area contributed by atoms with Gasteiger partial charge in [0.2, 0.25) is 0 Å². The quantitative estimate of drug-likeness (QED) is 0.702. The van der Waals surface area contributed by atoms with Crippen LogP contribution >= 0.6 is 0 Å². The Labute approximate surface area is 86.5 Å². The van der Waals surface area contributed by atoms with Gasteiger partial charge in [-0.2, -0.15) is 0 Å². The van der Waals surface area contributed by atoms with Gasteiger partial charge in [0.1, 0.15) is 0 Å². The van der Waals surface area contributed by atoms with E-state index in [9.17, 15) is 8.42 Å². The maximum absolute atomic E-state index is 11.2. The standard InChI is InChI=1S/C10H19NO2S/c1-3-4-5-9(2)11-10-6-7-14(12,13)8-10/h3,9-11H,1,4-8H2,2H3/t9-,10-/m0/s1. The van der Waals surface area contributed by atoms with Crippen molar-refractivity contribution in [3.8, 4) is 0 Å². The zero-order valence-electron chi connectivity index (χ0n) is 8.70. The lowest BCUT2D eigenvalue weighted by Crippen LogP contribution is -2.37. The smallest absolute Gasteiger partial charge is 0.151 e. The van der Waals surface area contributed by atoms with Gasteiger partial charge in [0.05, 0.1) is 11.5 Å². The molecular formula is C10H19NO2S. The minimum atomic E-state index is -2.74. The number of allylic oxidation sites excluding steroid dienone is 1. The normalized spacial score (nSPS) is 27.4. The molecule has 0 aliphatic carbocycles. The average molecular weight is 217 g/mol. The van der Waals surface area contributed by atoms with Gasteiger partial charge in [-0.15, -0.1) is 6.58 Å². The molecule has 2 atom stereocenters. The molecule has 4 heteroatoms. The molecule has 0 amide bonds. The Morgan fingerprint density at radius 2 is 2.36 bits per heavy atom. The lowest BCUT2D eigenvalue weighted by Gasteiger charge is -2.17. The lowest BCUT2D eigenvalue weighted by molar-refractivity contribution is 0.452. The lowest BCUT2D eigenvalue weighted by atomic mass is 10.1. The van der Waals surface area contributed by atoms with Gasteiger partial charge in [-0.1, -0.05) is 6.08 Å². The van der Waals surface area contributed by atoms with Crippen molar-refractivity contribution in [3.63, 3.8) is 0 Å². The largest absolute Gasteiger partial charge is 0.310 e. The van der Waals surface area contributed by atoms with E-state index in [1.165, 1.54) is 0 Å². The summed E-state index contributed by atoms with van der Waals surface area (Å²) >= 11 is 0. The van der Waals surface area contributed by atoms with E-state index in [0.29, 0.717) is 17.5 Å². The Morgan fingerprint density at radius 1 is 1.64 bits per heavy atom. The second-order valence-electron chi connectivity index (χ2n) is 4.03. The van der Waals surface area contributed by atoms with Crippen LogP contribution in [0, 0.1) is 0 Å². The van der Waals surface area contributed by atoms with Crippen LogP contribution in [-0.4, -0.2) is 32.0 Å². The van der Waals surface area contributed by atoms with E-state index in [0.717, 1.165) is 19.3 Å². The summed E-state index contributed by atoms with van der Waals surface area (Å²) in [5.74, 6) is 0.657. The Kier molecular flexibility index (Phi) is 4.13. The van der Waals surface area contributed by atoms with Crippen molar-refractivity contribution in [1.29, 1.82) is 0 Å². The van der Waals surface area contributed by atoms with Gasteiger partial charge in [0, 0.05) is 12.1 Å². The molecule has 1 saturated heterocycles. The fourth-order valence-corrected chi connectivity index (χ4v) is 3.47. The SMILES string of the molecule is C=CCC[C@H](C)N[C@H]1CCS(=O)(=O)C1. The van der Waals surface area contributed by atoms with Crippen molar-refractivity contribution < 1.29 is 8.42 Å². The molecule has 1 heterocycles. The molecule has 1 aliphatic heterocycles. The van der Waals surface area contributed by atoms with E-state index >= 15 is 0 Å². The Morgan fingerprint density at radius 3 is 2.86 bits per heavy atom. The zero-order valence-corrected chi connectivity index (χ0v) is 9.52. The van der Waals surface area contributed by atoms with Crippen molar-refractivity contribution in [2.45, 2.75) is 38.3 Å². The number of hydrogen-bond donors (Lipinski definition) is 1. The van der Waals surface area contributed by atoms with Crippen LogP contribution < -0.4 is 5.32 Å². The molecule has 82 valence electrons. The summed E-state index contributed by atoms with van der Waals surface area (Å²) in [5, 5.41) is 3.34. The fraction of sp³-hybridized carbons (Fsp3) is 0.800. The number of hydrogen-bond acceptors (Lipinski definition) is 3. The maximum Gasteiger partial charge on any atom is 0.151 e. The molecule has 0 aromatic carbocycles. The molecule has 1 aliphatic rings. The molecule has 0 unspecified atom stereocenters. The summed E-state index contributed by atoms with van der Waals surface area (Å²) in [4.78, 5) is 0. The Bertz CT molecular complexity index is 284. The van der Waals surface area contributed by atoms with Crippen LogP contribution in [0.15, 0.2) is 12.7 Å². The van der Waals surface area contributed by atoms with E-state index in [-0.39, 0.29) is 6.04 Å². The molecular weight excluding hydrogens is 198 g/mol. The Balaban J connectivity index is 2.28. The van der Waals surface area contributed by atoms with Crippen LogP contribution in [0.25, 0.3) is 0 Å². The van der Waals surface area contributed by atoms with E-state index in [1.807, 2.05) is 6.08 Å². The number of sulfone groups is 1. The third-order valence-corrected chi connectivity index (χ3v) is 4.32. The average Bonchev–Trinajstić information content (AvgIpc) is 2.42. The van der Waals surface area contributed by atoms with E-state index < -0.39 is 9.84 Å². The van der Waals surface area contributed by atoms with Crippen molar-refractivity contribution in [3.05, 3.63) is 12.7 Å². The van der Waals surface area contributed by atoms with Crippen LogP contribution in [0.3, 0.4) is 0 Å². The molecule has 3 nitrogen and oxygen atoms in total. The van der Waals surface area contributed by atoms with Crippen molar-refractivity contribution >= 4 is 9.84 Å². The van der Waals surface area contributed by atoms with Crippen LogP contribution in [0.2, 0.25) is 0 Å². The van der Waals surface area contributed by atoms with Gasteiger partial charge >= 0.3 is 0 Å². The van der Waals surface area contributed by atoms with Gasteiger partial charge in [-0.3, -0.25) is 0 Å². The number of nitrogens with one attached hydrogen (secondary N) is 1. The maximum atomic E-state index is 11.2. The van der Waals surface area contributed by atoms with E-state index in [1.54, 1.807) is 0 Å². The molecule has 14 heavy (non-hydrogen) atoms. The summed E-state index contributed by atoms with van der Waals surface area (Å²) in [5.41, 5.74) is 0. The molecule has 1 fully saturated rings. The molecule has 0 saturated carbocycles. The second kappa shape index (κ2) is 4.94. The van der Waals surface area contributed by atoms with Gasteiger partial charge < -0.3 is 5.32 Å². The van der Waals surface area contributed by atoms with Crippen molar-refractivity contribution in [2.75, 3.05) is 11.5 Å². The predicted molar refractivity (Wildman–Crippen MR) is 59.1 cm³/mol. The molecule has 0 spiro atoms. The highest BCUT2D eigenvalue weighted by Gasteiger charge is 2.28. The first kappa shape index (κ1) is 11.7. The van der Waals surface area contributed by atoms with Crippen LogP contribution in [0.5, 0.6) is 0 Å². The fourth-order valence-electron chi connectivity index (χ4n) is 1.78. The first-order valence-electron chi connectivity index (χ1n) is 5.11. The minimum absolute atomic E-state index is 0.166. The summed E-state index contributed by atoms with van der Waals surface area (Å²) in [7, 11) is -2.74. The van der Waals surface area contributed by atoms with Crippen LogP contribution in [-0.2, 0) is 9.84 Å². The molecule has 0 radical (unpaired) electrons. The highest BCUT2D eigenvalue weighted by atomic mass is 32.2. The van der Waals surface area contributed by atoms with E-state index in [2.05, 4.69) is 18.8 Å². The molecule has 0 aromatic heterocycles. The summed E-state index contributed by atoms with van der Waals surface area (Å²) in [6.45, 7) is 5.76. The third kappa shape index (κ3) is 3.80. The molecule has 0 aromatic rings. The predicted octanol–water partition coefficient (Wildman–Crippen LogP) is 1.12. The third-order valence-electron chi connectivity index (χ3n) is 2.56. The van der Waals surface area contributed by atoms with Gasteiger partial charge in [0.25, 0.3) is 0 Å². The minimum Gasteiger partial charge on any atom is -0.310 e. The van der Waals surface area contributed by atoms with E-state index in [4.69, 9.17) is 0 Å². The summed E-state index contributed by atoms with van der Waals surface area (Å²) in [6.07, 6.45) is 4.66. The molecule has 1 N–H and O–H groups in total. The topological polar surface area (TPSA) is 46.2 Å². The number of rotatable bonds is 5. The van der Waals surface area contributed by atoms with Crippen molar-refractivity contribution in [1.82, 2.24) is 5.32 Å². The van der Waals surface area contributed by atoms with Crippen LogP contribution in [0.1, 0.15) is 26.2 Å². The van der Waals surface area contributed by atoms with Gasteiger partial charge in [-0.25, -0.2) is 8.42 Å². The van der Waals surface area contributed by atoms with Crippen molar-refractivity contribution in [2.24, 2.45) is 0 Å². The second-order valence-corrected chi connectivity index (χ2v) is 6.26. The highest BCUT2D eigenvalue weighted by Crippen LogP contribution is 2.12. The van der Waals surface area contributed by atoms with Gasteiger partial charge in [-0.05, 0) is 26.2 Å². The molecule has 0 bridgehead atoms. The monoisotopic (exact) mass is 217 g/mol.